The first kappa shape index (κ1) is 17.2. The van der Waals surface area contributed by atoms with Crippen LogP contribution in [0.2, 0.25) is 0 Å². The molecule has 0 aromatic heterocycles. The van der Waals surface area contributed by atoms with Crippen molar-refractivity contribution < 1.29 is 19.1 Å². The van der Waals surface area contributed by atoms with Crippen molar-refractivity contribution in [3.8, 4) is 0 Å². The van der Waals surface area contributed by atoms with Gasteiger partial charge in [0.05, 0.1) is 6.54 Å². The largest absolute Gasteiger partial charge is 0.463 e. The minimum absolute atomic E-state index is 0.142. The van der Waals surface area contributed by atoms with Gasteiger partial charge in [0.15, 0.2) is 0 Å². The van der Waals surface area contributed by atoms with Gasteiger partial charge in [0, 0.05) is 7.05 Å². The molecule has 0 saturated heterocycles. The number of amides is 1. The summed E-state index contributed by atoms with van der Waals surface area (Å²) in [5.74, 6) is -0.361. The molecule has 0 atom stereocenters. The molecule has 0 bridgehead atoms. The van der Waals surface area contributed by atoms with E-state index < -0.39 is 16.0 Å². The fraction of sp³-hybridized carbons (Fsp3) is 0.833. The highest BCUT2D eigenvalue weighted by molar-refractivity contribution is 9.10. The Labute approximate surface area is 117 Å². The highest BCUT2D eigenvalue weighted by Gasteiger charge is 2.26. The van der Waals surface area contributed by atoms with Crippen molar-refractivity contribution in [2.75, 3.05) is 20.2 Å². The maximum absolute atomic E-state index is 11.6. The van der Waals surface area contributed by atoms with E-state index in [1.807, 2.05) is 0 Å². The number of halogens is 1. The van der Waals surface area contributed by atoms with Gasteiger partial charge in [-0.1, -0.05) is 15.9 Å². The van der Waals surface area contributed by atoms with E-state index in [2.05, 4.69) is 15.9 Å². The zero-order valence-electron chi connectivity index (χ0n) is 11.9. The molecule has 5 nitrogen and oxygen atoms in total. The first-order chi connectivity index (χ1) is 7.93. The van der Waals surface area contributed by atoms with Gasteiger partial charge < -0.3 is 14.4 Å². The highest BCUT2D eigenvalue weighted by Crippen LogP contribution is 2.17. The van der Waals surface area contributed by atoms with Crippen LogP contribution in [0.5, 0.6) is 0 Å². The molecule has 0 aromatic rings. The number of carbonyl (C=O) groups is 2. The molecular weight excluding hydrogens is 302 g/mol. The van der Waals surface area contributed by atoms with Crippen LogP contribution in [0.15, 0.2) is 0 Å². The van der Waals surface area contributed by atoms with E-state index in [1.165, 1.54) is 4.90 Å². The van der Waals surface area contributed by atoms with Crippen LogP contribution < -0.4 is 0 Å². The molecule has 0 aliphatic carbocycles. The van der Waals surface area contributed by atoms with Gasteiger partial charge in [0.25, 0.3) is 0 Å². The number of rotatable bonds is 4. The lowest BCUT2D eigenvalue weighted by molar-refractivity contribution is -0.145. The summed E-state index contributed by atoms with van der Waals surface area (Å²) in [5.41, 5.74) is -0.528. The second-order valence-corrected chi connectivity index (χ2v) is 7.49. The maximum Gasteiger partial charge on any atom is 0.410 e. The Kier molecular flexibility index (Phi) is 6.13. The van der Waals surface area contributed by atoms with E-state index in [1.54, 1.807) is 41.7 Å². The van der Waals surface area contributed by atoms with Crippen molar-refractivity contribution in [2.45, 2.75) is 44.5 Å². The molecule has 106 valence electrons. The molecule has 0 N–H and O–H groups in total. The Bertz CT molecular complexity index is 304. The van der Waals surface area contributed by atoms with E-state index >= 15 is 0 Å². The minimum Gasteiger partial charge on any atom is -0.463 e. The molecule has 0 saturated carbocycles. The van der Waals surface area contributed by atoms with Crippen LogP contribution in [0.1, 0.15) is 34.6 Å². The Morgan fingerprint density at radius 2 is 1.67 bits per heavy atom. The van der Waals surface area contributed by atoms with Gasteiger partial charge in [-0.05, 0) is 34.6 Å². The quantitative estimate of drug-likeness (QED) is 0.589. The Hall–Kier alpha value is -0.780. The number of hydrogen-bond acceptors (Lipinski definition) is 4. The summed E-state index contributed by atoms with van der Waals surface area (Å²) < 4.78 is 9.47. The topological polar surface area (TPSA) is 55.8 Å². The molecule has 0 aromatic carbocycles. The molecule has 1 amide bonds. The van der Waals surface area contributed by atoms with Gasteiger partial charge in [-0.15, -0.1) is 0 Å². The summed E-state index contributed by atoms with van der Waals surface area (Å²) in [6.07, 6.45) is -0.434. The van der Waals surface area contributed by atoms with Crippen molar-refractivity contribution in [1.82, 2.24) is 4.90 Å². The van der Waals surface area contributed by atoms with E-state index in [-0.39, 0.29) is 12.6 Å². The zero-order valence-corrected chi connectivity index (χ0v) is 13.5. The fourth-order valence-corrected chi connectivity index (χ4v) is 0.992. The third-order valence-electron chi connectivity index (χ3n) is 1.85. The summed E-state index contributed by atoms with van der Waals surface area (Å²) in [6.45, 7) is 9.23. The smallest absolute Gasteiger partial charge is 0.410 e. The number of esters is 1. The first-order valence-electron chi connectivity index (χ1n) is 5.74. The molecule has 0 spiro atoms. The Balaban J connectivity index is 4.02. The van der Waals surface area contributed by atoms with Crippen LogP contribution in [0.4, 0.5) is 4.79 Å². The molecule has 0 unspecified atom stereocenters. The van der Waals surface area contributed by atoms with Crippen LogP contribution in [0.25, 0.3) is 0 Å². The molecule has 18 heavy (non-hydrogen) atoms. The monoisotopic (exact) mass is 323 g/mol. The average molecular weight is 324 g/mol. The Morgan fingerprint density at radius 3 is 2.06 bits per heavy atom. The second kappa shape index (κ2) is 6.41. The van der Waals surface area contributed by atoms with Gasteiger partial charge in [0.1, 0.15) is 16.5 Å². The van der Waals surface area contributed by atoms with E-state index in [0.717, 1.165) is 0 Å². The third kappa shape index (κ3) is 7.53. The molecule has 0 aliphatic heterocycles. The molecule has 0 radical (unpaired) electrons. The standard InChI is InChI=1S/C12H22BrNO4/c1-11(2,3)18-10(16)14(6)7-8-17-9(15)12(4,5)13/h7-8H2,1-6H3. The number of alkyl halides is 1. The Morgan fingerprint density at radius 1 is 1.17 bits per heavy atom. The number of likely N-dealkylation sites (N-methyl/N-ethyl adjacent to an activating group) is 1. The molecule has 0 fully saturated rings. The summed E-state index contributed by atoms with van der Waals surface area (Å²) in [6, 6.07) is 0. The molecule has 0 aliphatic rings. The lowest BCUT2D eigenvalue weighted by atomic mass is 10.2. The zero-order chi connectivity index (χ0) is 14.6. The predicted octanol–water partition coefficient (Wildman–Crippen LogP) is 2.57. The average Bonchev–Trinajstić information content (AvgIpc) is 2.12. The second-order valence-electron chi connectivity index (χ2n) is 5.51. The summed E-state index contributed by atoms with van der Waals surface area (Å²) in [7, 11) is 1.60. The minimum atomic E-state index is -0.711. The molecular formula is C12H22BrNO4. The first-order valence-corrected chi connectivity index (χ1v) is 6.53. The van der Waals surface area contributed by atoms with Crippen molar-refractivity contribution in [2.24, 2.45) is 0 Å². The molecule has 0 rings (SSSR count). The summed E-state index contributed by atoms with van der Waals surface area (Å²) in [5, 5.41) is 0. The lowest BCUT2D eigenvalue weighted by Crippen LogP contribution is -2.37. The van der Waals surface area contributed by atoms with E-state index in [9.17, 15) is 9.59 Å². The van der Waals surface area contributed by atoms with Crippen molar-refractivity contribution >= 4 is 28.0 Å². The number of carbonyl (C=O) groups excluding carboxylic acids is 2. The van der Waals surface area contributed by atoms with Gasteiger partial charge in [-0.3, -0.25) is 4.79 Å². The van der Waals surface area contributed by atoms with Gasteiger partial charge in [0.2, 0.25) is 0 Å². The fourth-order valence-electron chi connectivity index (χ4n) is 0.878. The summed E-state index contributed by atoms with van der Waals surface area (Å²) in [4.78, 5) is 24.4. The molecule has 6 heteroatoms. The predicted molar refractivity (Wildman–Crippen MR) is 72.8 cm³/mol. The van der Waals surface area contributed by atoms with Crippen LogP contribution >= 0.6 is 15.9 Å². The van der Waals surface area contributed by atoms with Crippen molar-refractivity contribution in [1.29, 1.82) is 0 Å². The SMILES string of the molecule is CN(CCOC(=O)C(C)(C)Br)C(=O)OC(C)(C)C. The van der Waals surface area contributed by atoms with Gasteiger partial charge in [-0.25, -0.2) is 4.79 Å². The highest BCUT2D eigenvalue weighted by atomic mass is 79.9. The van der Waals surface area contributed by atoms with Crippen LogP contribution in [0.3, 0.4) is 0 Å². The summed E-state index contributed by atoms with van der Waals surface area (Å²) >= 11 is 3.20. The van der Waals surface area contributed by atoms with Crippen LogP contribution in [0, 0.1) is 0 Å². The van der Waals surface area contributed by atoms with Gasteiger partial charge in [-0.2, -0.15) is 0 Å². The molecule has 0 heterocycles. The van der Waals surface area contributed by atoms with Crippen LogP contribution in [-0.2, 0) is 14.3 Å². The van der Waals surface area contributed by atoms with Crippen molar-refractivity contribution in [3.05, 3.63) is 0 Å². The maximum atomic E-state index is 11.6. The van der Waals surface area contributed by atoms with E-state index in [4.69, 9.17) is 9.47 Å². The number of nitrogens with zero attached hydrogens (tertiary/aromatic N) is 1. The number of hydrogen-bond donors (Lipinski definition) is 0. The lowest BCUT2D eigenvalue weighted by Gasteiger charge is -2.24. The normalized spacial score (nSPS) is 11.9. The van der Waals surface area contributed by atoms with Gasteiger partial charge >= 0.3 is 12.1 Å². The van der Waals surface area contributed by atoms with Crippen LogP contribution in [-0.4, -0.2) is 47.1 Å². The third-order valence-corrected chi connectivity index (χ3v) is 2.17. The number of ether oxygens (including phenoxy) is 2. The van der Waals surface area contributed by atoms with Crippen molar-refractivity contribution in [3.63, 3.8) is 0 Å². The van der Waals surface area contributed by atoms with E-state index in [0.29, 0.717) is 6.54 Å².